The van der Waals surface area contributed by atoms with E-state index in [-0.39, 0.29) is 6.54 Å². The van der Waals surface area contributed by atoms with Gasteiger partial charge in [0.1, 0.15) is 12.4 Å². The van der Waals surface area contributed by atoms with Crippen molar-refractivity contribution < 1.29 is 17.9 Å². The zero-order valence-corrected chi connectivity index (χ0v) is 13.1. The van der Waals surface area contributed by atoms with Gasteiger partial charge in [0.05, 0.1) is 13.0 Å². The topological polar surface area (TPSA) is 36.9 Å². The van der Waals surface area contributed by atoms with Crippen LogP contribution in [0.3, 0.4) is 0 Å². The maximum absolute atomic E-state index is 12.1. The molecule has 124 valence electrons. The van der Waals surface area contributed by atoms with Crippen LogP contribution in [-0.2, 0) is 0 Å². The fourth-order valence-corrected chi connectivity index (χ4v) is 1.82. The molecule has 0 atom stereocenters. The third kappa shape index (κ3) is 6.69. The molecule has 7 heteroatoms. The molecular formula is C15H22F3N3O. The number of rotatable bonds is 6. The molecule has 0 saturated heterocycles. The molecule has 1 N–H and O–H groups in total. The number of nitrogens with one attached hydrogen (secondary N) is 1. The van der Waals surface area contributed by atoms with Gasteiger partial charge in [-0.25, -0.2) is 0 Å². The Morgan fingerprint density at radius 1 is 1.32 bits per heavy atom. The van der Waals surface area contributed by atoms with E-state index in [2.05, 4.69) is 10.3 Å². The predicted octanol–water partition coefficient (Wildman–Crippen LogP) is 2.83. The standard InChI is InChI=1S/C15H22F3N3O/c1-12-6-4-5-7-13(12)22-11-10-21(3)14(19-2)20-9-8-15(16,17)18/h4-7H,8-11H2,1-3H3,(H,19,20). The van der Waals surface area contributed by atoms with Crippen LogP contribution in [0.25, 0.3) is 0 Å². The van der Waals surface area contributed by atoms with Gasteiger partial charge in [-0.05, 0) is 18.6 Å². The van der Waals surface area contributed by atoms with Gasteiger partial charge in [0.2, 0.25) is 0 Å². The van der Waals surface area contributed by atoms with E-state index in [9.17, 15) is 13.2 Å². The number of likely N-dealkylation sites (N-methyl/N-ethyl adjacent to an activating group) is 1. The second-order valence-electron chi connectivity index (χ2n) is 4.87. The molecule has 4 nitrogen and oxygen atoms in total. The molecule has 0 aliphatic rings. The first-order chi connectivity index (χ1) is 10.3. The van der Waals surface area contributed by atoms with Gasteiger partial charge in [0, 0.05) is 20.6 Å². The molecule has 0 heterocycles. The lowest BCUT2D eigenvalue weighted by atomic mass is 10.2. The van der Waals surface area contributed by atoms with Crippen molar-refractivity contribution in [3.63, 3.8) is 0 Å². The van der Waals surface area contributed by atoms with Gasteiger partial charge in [-0.3, -0.25) is 4.99 Å². The average Bonchev–Trinajstić information content (AvgIpc) is 2.44. The SMILES string of the molecule is CN=C(NCCC(F)(F)F)N(C)CCOc1ccccc1C. The Kier molecular flexibility index (Phi) is 7.01. The van der Waals surface area contributed by atoms with Crippen molar-refractivity contribution in [1.82, 2.24) is 10.2 Å². The zero-order valence-electron chi connectivity index (χ0n) is 13.1. The third-order valence-electron chi connectivity index (χ3n) is 3.04. The van der Waals surface area contributed by atoms with Crippen molar-refractivity contribution >= 4 is 5.96 Å². The molecule has 0 spiro atoms. The predicted molar refractivity (Wildman–Crippen MR) is 81.3 cm³/mol. The molecule has 1 aromatic rings. The average molecular weight is 317 g/mol. The summed E-state index contributed by atoms with van der Waals surface area (Å²) in [4.78, 5) is 5.69. The number of guanidine groups is 1. The van der Waals surface area contributed by atoms with Crippen molar-refractivity contribution in [2.45, 2.75) is 19.5 Å². The quantitative estimate of drug-likeness (QED) is 0.647. The van der Waals surface area contributed by atoms with Crippen LogP contribution in [0.2, 0.25) is 0 Å². The van der Waals surface area contributed by atoms with E-state index < -0.39 is 12.6 Å². The number of nitrogens with zero attached hydrogens (tertiary/aromatic N) is 2. The maximum Gasteiger partial charge on any atom is 0.390 e. The van der Waals surface area contributed by atoms with Crippen molar-refractivity contribution in [2.24, 2.45) is 4.99 Å². The summed E-state index contributed by atoms with van der Waals surface area (Å²) in [6.45, 7) is 2.69. The third-order valence-corrected chi connectivity index (χ3v) is 3.04. The number of hydrogen-bond acceptors (Lipinski definition) is 2. The summed E-state index contributed by atoms with van der Waals surface area (Å²) in [6, 6.07) is 7.66. The first kappa shape index (κ1) is 18.1. The Morgan fingerprint density at radius 3 is 2.59 bits per heavy atom. The summed E-state index contributed by atoms with van der Waals surface area (Å²) in [5.74, 6) is 1.22. The summed E-state index contributed by atoms with van der Waals surface area (Å²) in [5.41, 5.74) is 1.04. The van der Waals surface area contributed by atoms with E-state index in [4.69, 9.17) is 4.74 Å². The largest absolute Gasteiger partial charge is 0.491 e. The molecule has 0 saturated carbocycles. The molecular weight excluding hydrogens is 295 g/mol. The Bertz CT molecular complexity index is 489. The highest BCUT2D eigenvalue weighted by Gasteiger charge is 2.26. The first-order valence-corrected chi connectivity index (χ1v) is 7.00. The van der Waals surface area contributed by atoms with Crippen molar-refractivity contribution in [2.75, 3.05) is 33.8 Å². The minimum atomic E-state index is -4.17. The molecule has 0 bridgehead atoms. The van der Waals surface area contributed by atoms with Gasteiger partial charge in [-0.15, -0.1) is 0 Å². The number of para-hydroxylation sites is 1. The van der Waals surface area contributed by atoms with Crippen LogP contribution < -0.4 is 10.1 Å². The fraction of sp³-hybridized carbons (Fsp3) is 0.533. The normalized spacial score (nSPS) is 12.2. The summed E-state index contributed by atoms with van der Waals surface area (Å²) in [5, 5.41) is 2.69. The number of aliphatic imine (C=N–C) groups is 1. The fourth-order valence-electron chi connectivity index (χ4n) is 1.82. The molecule has 0 aliphatic carbocycles. The number of aryl methyl sites for hydroxylation is 1. The van der Waals surface area contributed by atoms with Gasteiger partial charge >= 0.3 is 6.18 Å². The van der Waals surface area contributed by atoms with Gasteiger partial charge in [-0.1, -0.05) is 18.2 Å². The monoisotopic (exact) mass is 317 g/mol. The van der Waals surface area contributed by atoms with Gasteiger partial charge in [-0.2, -0.15) is 13.2 Å². The summed E-state index contributed by atoms with van der Waals surface area (Å²) in [7, 11) is 3.29. The molecule has 0 aromatic heterocycles. The van der Waals surface area contributed by atoms with Crippen LogP contribution in [0.4, 0.5) is 13.2 Å². The first-order valence-electron chi connectivity index (χ1n) is 7.00. The van der Waals surface area contributed by atoms with Crippen LogP contribution in [0.5, 0.6) is 5.75 Å². The van der Waals surface area contributed by atoms with Gasteiger partial charge in [0.25, 0.3) is 0 Å². The molecule has 0 fully saturated rings. The van der Waals surface area contributed by atoms with E-state index in [1.165, 1.54) is 7.05 Å². The lowest BCUT2D eigenvalue weighted by molar-refractivity contribution is -0.132. The second kappa shape index (κ2) is 8.51. The Morgan fingerprint density at radius 2 is 2.00 bits per heavy atom. The second-order valence-corrected chi connectivity index (χ2v) is 4.87. The summed E-state index contributed by atoms with van der Waals surface area (Å²) in [6.07, 6.45) is -5.06. The molecule has 22 heavy (non-hydrogen) atoms. The molecule has 1 aromatic carbocycles. The molecule has 0 unspecified atom stereocenters. The van der Waals surface area contributed by atoms with Crippen molar-refractivity contribution in [3.8, 4) is 5.75 Å². The highest BCUT2D eigenvalue weighted by molar-refractivity contribution is 5.79. The minimum Gasteiger partial charge on any atom is -0.491 e. The molecule has 0 amide bonds. The maximum atomic E-state index is 12.1. The van der Waals surface area contributed by atoms with Crippen molar-refractivity contribution in [1.29, 1.82) is 0 Å². The van der Waals surface area contributed by atoms with Crippen LogP contribution in [0, 0.1) is 6.92 Å². The number of alkyl halides is 3. The van der Waals surface area contributed by atoms with Crippen molar-refractivity contribution in [3.05, 3.63) is 29.8 Å². The highest BCUT2D eigenvalue weighted by Crippen LogP contribution is 2.18. The lowest BCUT2D eigenvalue weighted by Gasteiger charge is -2.22. The van der Waals surface area contributed by atoms with E-state index in [1.54, 1.807) is 11.9 Å². The van der Waals surface area contributed by atoms with Gasteiger partial charge in [0.15, 0.2) is 5.96 Å². The Balaban J connectivity index is 2.36. The molecule has 0 aliphatic heterocycles. The van der Waals surface area contributed by atoms with Crippen LogP contribution in [0.15, 0.2) is 29.3 Å². The van der Waals surface area contributed by atoms with E-state index >= 15 is 0 Å². The van der Waals surface area contributed by atoms with E-state index in [0.29, 0.717) is 19.1 Å². The van der Waals surface area contributed by atoms with Crippen LogP contribution >= 0.6 is 0 Å². The minimum absolute atomic E-state index is 0.195. The van der Waals surface area contributed by atoms with Crippen LogP contribution in [-0.4, -0.2) is 50.8 Å². The highest BCUT2D eigenvalue weighted by atomic mass is 19.4. The summed E-state index contributed by atoms with van der Waals surface area (Å²) < 4.78 is 42.0. The smallest absolute Gasteiger partial charge is 0.390 e. The zero-order chi connectivity index (χ0) is 16.6. The molecule has 0 radical (unpaired) electrons. The van der Waals surface area contributed by atoms with E-state index in [1.807, 2.05) is 31.2 Å². The van der Waals surface area contributed by atoms with Gasteiger partial charge < -0.3 is 15.0 Å². The Hall–Kier alpha value is -1.92. The van der Waals surface area contributed by atoms with Crippen LogP contribution in [0.1, 0.15) is 12.0 Å². The number of halogens is 3. The number of hydrogen-bond donors (Lipinski definition) is 1. The number of benzene rings is 1. The Labute approximate surface area is 129 Å². The van der Waals surface area contributed by atoms with E-state index in [0.717, 1.165) is 11.3 Å². The lowest BCUT2D eigenvalue weighted by Crippen LogP contribution is -2.42. The number of ether oxygens (including phenoxy) is 1. The molecule has 1 rings (SSSR count). The summed E-state index contributed by atoms with van der Waals surface area (Å²) >= 11 is 0.